The van der Waals surface area contributed by atoms with E-state index >= 15 is 0 Å². The largest absolute Gasteiger partial charge is 0.369 e. The van der Waals surface area contributed by atoms with Crippen molar-refractivity contribution in [1.82, 2.24) is 4.90 Å². The number of hydrogen-bond donors (Lipinski definition) is 1. The standard InChI is InChI=1S/C23H28N4O2/c1-25-13-15-26(16-14-25)20-10-8-19(9-11-20)24-22(28)17-23(29)27-12-4-6-18-5-2-3-7-21(18)27/h2-3,5,7-11H,4,6,12-17H2,1H3,(H,24,28). The summed E-state index contributed by atoms with van der Waals surface area (Å²) in [5, 5.41) is 2.86. The molecule has 6 nitrogen and oxygen atoms in total. The third kappa shape index (κ3) is 4.59. The van der Waals surface area contributed by atoms with Crippen LogP contribution in [0, 0.1) is 0 Å². The summed E-state index contributed by atoms with van der Waals surface area (Å²) in [5.41, 5.74) is 4.00. The molecule has 0 radical (unpaired) electrons. The number of likely N-dealkylation sites (N-methyl/N-ethyl adjacent to an activating group) is 1. The Labute approximate surface area is 172 Å². The van der Waals surface area contributed by atoms with Gasteiger partial charge in [0.05, 0.1) is 0 Å². The summed E-state index contributed by atoms with van der Waals surface area (Å²) in [7, 11) is 2.14. The average Bonchev–Trinajstić information content (AvgIpc) is 2.74. The van der Waals surface area contributed by atoms with Gasteiger partial charge < -0.3 is 20.0 Å². The third-order valence-electron chi connectivity index (χ3n) is 5.74. The van der Waals surface area contributed by atoms with E-state index in [1.165, 1.54) is 5.56 Å². The van der Waals surface area contributed by atoms with Gasteiger partial charge in [0, 0.05) is 49.8 Å². The minimum atomic E-state index is -0.273. The van der Waals surface area contributed by atoms with Crippen molar-refractivity contribution >= 4 is 28.9 Å². The molecule has 0 spiro atoms. The summed E-state index contributed by atoms with van der Waals surface area (Å²) >= 11 is 0. The summed E-state index contributed by atoms with van der Waals surface area (Å²) in [6.45, 7) is 4.80. The van der Waals surface area contributed by atoms with E-state index in [1.54, 1.807) is 4.90 Å². The Morgan fingerprint density at radius 2 is 1.66 bits per heavy atom. The van der Waals surface area contributed by atoms with E-state index < -0.39 is 0 Å². The maximum absolute atomic E-state index is 12.7. The van der Waals surface area contributed by atoms with E-state index in [4.69, 9.17) is 0 Å². The molecule has 29 heavy (non-hydrogen) atoms. The zero-order valence-electron chi connectivity index (χ0n) is 16.9. The molecule has 0 aliphatic carbocycles. The molecule has 0 aromatic heterocycles. The number of carbonyl (C=O) groups excluding carboxylic acids is 2. The van der Waals surface area contributed by atoms with E-state index in [1.807, 2.05) is 42.5 Å². The van der Waals surface area contributed by atoms with Crippen LogP contribution in [0.25, 0.3) is 0 Å². The van der Waals surface area contributed by atoms with Gasteiger partial charge in [0.2, 0.25) is 11.8 Å². The molecule has 2 amide bonds. The molecule has 2 aromatic rings. The molecule has 152 valence electrons. The number of benzene rings is 2. The molecule has 2 aliphatic rings. The van der Waals surface area contributed by atoms with Gasteiger partial charge in [0.25, 0.3) is 0 Å². The van der Waals surface area contributed by atoms with Crippen LogP contribution >= 0.6 is 0 Å². The monoisotopic (exact) mass is 392 g/mol. The highest BCUT2D eigenvalue weighted by atomic mass is 16.2. The van der Waals surface area contributed by atoms with Gasteiger partial charge in [0.1, 0.15) is 6.42 Å². The van der Waals surface area contributed by atoms with Gasteiger partial charge in [-0.15, -0.1) is 0 Å². The van der Waals surface area contributed by atoms with Crippen molar-refractivity contribution in [2.45, 2.75) is 19.3 Å². The van der Waals surface area contributed by atoms with Crippen LogP contribution in [0.2, 0.25) is 0 Å². The zero-order chi connectivity index (χ0) is 20.2. The third-order valence-corrected chi connectivity index (χ3v) is 5.74. The molecular weight excluding hydrogens is 364 g/mol. The predicted molar refractivity (Wildman–Crippen MR) is 117 cm³/mol. The van der Waals surface area contributed by atoms with Crippen molar-refractivity contribution < 1.29 is 9.59 Å². The van der Waals surface area contributed by atoms with Crippen LogP contribution in [-0.4, -0.2) is 56.5 Å². The van der Waals surface area contributed by atoms with Crippen LogP contribution in [0.15, 0.2) is 48.5 Å². The fourth-order valence-electron chi connectivity index (χ4n) is 4.05. The first-order chi connectivity index (χ1) is 14.1. The Bertz CT molecular complexity index is 873. The second-order valence-electron chi connectivity index (χ2n) is 7.84. The maximum Gasteiger partial charge on any atom is 0.236 e. The van der Waals surface area contributed by atoms with Crippen molar-refractivity contribution in [2.75, 3.05) is 54.9 Å². The zero-order valence-corrected chi connectivity index (χ0v) is 16.9. The van der Waals surface area contributed by atoms with Crippen molar-refractivity contribution in [2.24, 2.45) is 0 Å². The lowest BCUT2D eigenvalue weighted by Crippen LogP contribution is -2.44. The predicted octanol–water partition coefficient (Wildman–Crippen LogP) is 2.75. The Balaban J connectivity index is 1.33. The van der Waals surface area contributed by atoms with E-state index in [0.717, 1.165) is 56.1 Å². The van der Waals surface area contributed by atoms with Gasteiger partial charge in [0.15, 0.2) is 0 Å². The smallest absolute Gasteiger partial charge is 0.236 e. The second-order valence-corrected chi connectivity index (χ2v) is 7.84. The number of aryl methyl sites for hydroxylation is 1. The lowest BCUT2D eigenvalue weighted by Gasteiger charge is -2.34. The molecule has 6 heteroatoms. The summed E-state index contributed by atoms with van der Waals surface area (Å²) in [6, 6.07) is 15.8. The normalized spacial score (nSPS) is 17.0. The maximum atomic E-state index is 12.7. The van der Waals surface area contributed by atoms with Crippen LogP contribution in [0.4, 0.5) is 17.1 Å². The van der Waals surface area contributed by atoms with Gasteiger partial charge in [-0.1, -0.05) is 18.2 Å². The summed E-state index contributed by atoms with van der Waals surface area (Å²) < 4.78 is 0. The first kappa shape index (κ1) is 19.5. The highest BCUT2D eigenvalue weighted by molar-refractivity contribution is 6.09. The highest BCUT2D eigenvalue weighted by Crippen LogP contribution is 2.27. The molecule has 2 aliphatic heterocycles. The van der Waals surface area contributed by atoms with E-state index in [-0.39, 0.29) is 18.2 Å². The number of fused-ring (bicyclic) bond motifs is 1. The van der Waals surface area contributed by atoms with Crippen LogP contribution in [-0.2, 0) is 16.0 Å². The number of rotatable bonds is 4. The summed E-state index contributed by atoms with van der Waals surface area (Å²) in [5.74, 6) is -0.422. The van der Waals surface area contributed by atoms with Gasteiger partial charge in [-0.25, -0.2) is 0 Å². The SMILES string of the molecule is CN1CCN(c2ccc(NC(=O)CC(=O)N3CCCc4ccccc43)cc2)CC1. The molecule has 0 unspecified atom stereocenters. The minimum absolute atomic E-state index is 0.144. The molecule has 1 fully saturated rings. The topological polar surface area (TPSA) is 55.9 Å². The van der Waals surface area contributed by atoms with Crippen LogP contribution < -0.4 is 15.1 Å². The van der Waals surface area contributed by atoms with Crippen molar-refractivity contribution in [3.05, 3.63) is 54.1 Å². The van der Waals surface area contributed by atoms with Gasteiger partial charge >= 0.3 is 0 Å². The fraction of sp³-hybridized carbons (Fsp3) is 0.391. The molecule has 0 bridgehead atoms. The first-order valence-electron chi connectivity index (χ1n) is 10.3. The van der Waals surface area contributed by atoms with Gasteiger partial charge in [-0.2, -0.15) is 0 Å². The molecule has 2 heterocycles. The van der Waals surface area contributed by atoms with Gasteiger partial charge in [-0.05, 0) is 55.8 Å². The summed E-state index contributed by atoms with van der Waals surface area (Å²) in [4.78, 5) is 31.5. The summed E-state index contributed by atoms with van der Waals surface area (Å²) in [6.07, 6.45) is 1.76. The number of amides is 2. The molecule has 2 aromatic carbocycles. The number of para-hydroxylation sites is 1. The minimum Gasteiger partial charge on any atom is -0.369 e. The second kappa shape index (κ2) is 8.66. The molecule has 0 atom stereocenters. The van der Waals surface area contributed by atoms with E-state index in [2.05, 4.69) is 28.2 Å². The van der Waals surface area contributed by atoms with Crippen molar-refractivity contribution in [3.63, 3.8) is 0 Å². The number of piperazine rings is 1. The Kier molecular flexibility index (Phi) is 5.81. The van der Waals surface area contributed by atoms with Crippen LogP contribution in [0.1, 0.15) is 18.4 Å². The number of anilines is 3. The fourth-order valence-corrected chi connectivity index (χ4v) is 4.05. The molecule has 0 saturated carbocycles. The van der Waals surface area contributed by atoms with Gasteiger partial charge in [-0.3, -0.25) is 9.59 Å². The van der Waals surface area contributed by atoms with E-state index in [9.17, 15) is 9.59 Å². The van der Waals surface area contributed by atoms with E-state index in [0.29, 0.717) is 6.54 Å². The Morgan fingerprint density at radius 3 is 2.41 bits per heavy atom. The number of nitrogens with one attached hydrogen (secondary N) is 1. The molecule has 4 rings (SSSR count). The number of carbonyl (C=O) groups is 2. The van der Waals surface area contributed by atoms with Crippen LogP contribution in [0.5, 0.6) is 0 Å². The number of hydrogen-bond acceptors (Lipinski definition) is 4. The Morgan fingerprint density at radius 1 is 0.931 bits per heavy atom. The lowest BCUT2D eigenvalue weighted by atomic mass is 10.0. The Hall–Kier alpha value is -2.86. The van der Waals surface area contributed by atoms with Crippen LogP contribution in [0.3, 0.4) is 0 Å². The quantitative estimate of drug-likeness (QED) is 0.813. The first-order valence-corrected chi connectivity index (χ1v) is 10.3. The van der Waals surface area contributed by atoms with Crippen molar-refractivity contribution in [3.8, 4) is 0 Å². The van der Waals surface area contributed by atoms with Crippen molar-refractivity contribution in [1.29, 1.82) is 0 Å². The lowest BCUT2D eigenvalue weighted by molar-refractivity contribution is -0.125. The average molecular weight is 393 g/mol. The molecular formula is C23H28N4O2. The molecule has 1 N–H and O–H groups in total. The molecule has 1 saturated heterocycles. The number of nitrogens with zero attached hydrogens (tertiary/aromatic N) is 3. The highest BCUT2D eigenvalue weighted by Gasteiger charge is 2.24.